The molecule has 6 aromatic rings. The number of benzene rings is 4. The SMILES string of the molecule is CC1(C)CCC(CN2CCN(c3ccc(C(=O)NS(=O)(=O)c4ccc(NCC5CCC(N6CCN(C(=O)CCSc7cccc8c7CN(C7CCC(=O)NC7=O)C8=O)CC6)CC5)c([N+](=O)[O-])c4)c(Oc4cnc5[nH]ccc5c4)c3)CC2)=C(c2ccc(Cl)cc2)C1. The van der Waals surface area contributed by atoms with Crippen LogP contribution in [0.2, 0.25) is 5.02 Å². The fourth-order valence-electron chi connectivity index (χ4n) is 13.6. The quantitative estimate of drug-likeness (QED) is 0.0255. The van der Waals surface area contributed by atoms with E-state index in [0.717, 1.165) is 110 Å². The Hall–Kier alpha value is -7.83. The standard InChI is InChI=1S/C66H74ClN11O10S2/c1-66(2)23-20-45(53(37-66)43-8-10-46(67)11-9-43)40-73-25-27-75(28-26-73)48-14-16-52(58(35-48)88-49-34-44-21-24-68-62(44)70-39-49)63(81)72-90(86,87)50-15-17-55(57(36-50)78(84)85)69-38-42-6-12-47(13-7-42)74-29-31-76(32-30-74)61(80)22-33-89-59-5-3-4-51-54(59)41-77(65(51)83)56-18-19-60(79)71-64(56)82/h3-5,8-11,14-17,21,24,34-36,39,42,47,56,69H,6-7,12-13,18-20,22-23,25-33,37-38,40-41H2,1-2H3,(H,68,70)(H,72,81)(H,71,79,82). The highest BCUT2D eigenvalue weighted by Crippen LogP contribution is 2.44. The number of halogens is 1. The van der Waals surface area contributed by atoms with Crippen LogP contribution in [-0.4, -0.2) is 156 Å². The summed E-state index contributed by atoms with van der Waals surface area (Å²) in [6.07, 6.45) is 10.9. The third-order valence-corrected chi connectivity index (χ3v) is 21.4. The molecule has 90 heavy (non-hydrogen) atoms. The number of hydrogen-bond acceptors (Lipinski definition) is 16. The van der Waals surface area contributed by atoms with Crippen LogP contribution in [-0.2, 0) is 31.0 Å². The van der Waals surface area contributed by atoms with Crippen molar-refractivity contribution in [3.8, 4) is 11.5 Å². The second kappa shape index (κ2) is 26.6. The van der Waals surface area contributed by atoms with E-state index in [4.69, 9.17) is 16.3 Å². The minimum atomic E-state index is -4.64. The third-order valence-electron chi connectivity index (χ3n) is 18.7. The summed E-state index contributed by atoms with van der Waals surface area (Å²) in [5.41, 5.74) is 6.77. The van der Waals surface area contributed by atoms with Crippen molar-refractivity contribution >= 4 is 96.6 Å². The number of piperazine rings is 2. The molecule has 2 aliphatic carbocycles. The Bertz CT molecular complexity index is 3910. The van der Waals surface area contributed by atoms with Crippen molar-refractivity contribution in [2.75, 3.05) is 81.4 Å². The molecule has 5 amide bonds. The first-order chi connectivity index (χ1) is 43.3. The highest BCUT2D eigenvalue weighted by atomic mass is 35.5. The van der Waals surface area contributed by atoms with Crippen molar-refractivity contribution < 1.29 is 42.1 Å². The van der Waals surface area contributed by atoms with Gasteiger partial charge in [0, 0.05) is 142 Å². The average molecular weight is 1280 g/mol. The molecule has 1 saturated carbocycles. The normalized spacial score (nSPS) is 20.9. The number of nitro groups is 1. The zero-order chi connectivity index (χ0) is 62.8. The fraction of sp³-hybridized carbons (Fsp3) is 0.424. The maximum absolute atomic E-state index is 14.2. The Balaban J connectivity index is 0.626. The molecule has 1 atom stereocenters. The van der Waals surface area contributed by atoms with Gasteiger partial charge >= 0.3 is 0 Å². The number of fused-ring (bicyclic) bond motifs is 2. The number of thioether (sulfide) groups is 1. The Morgan fingerprint density at radius 3 is 2.42 bits per heavy atom. The van der Waals surface area contributed by atoms with E-state index >= 15 is 0 Å². The maximum atomic E-state index is 14.2. The molecular weight excluding hydrogens is 1210 g/mol. The van der Waals surface area contributed by atoms with Crippen LogP contribution >= 0.6 is 23.4 Å². The lowest BCUT2D eigenvalue weighted by Gasteiger charge is -2.42. The number of nitrogens with one attached hydrogen (secondary N) is 4. The number of amides is 5. The molecule has 4 fully saturated rings. The van der Waals surface area contributed by atoms with E-state index in [1.165, 1.54) is 51.7 Å². The number of pyridine rings is 1. The van der Waals surface area contributed by atoms with Crippen LogP contribution in [0.3, 0.4) is 0 Å². The predicted molar refractivity (Wildman–Crippen MR) is 345 cm³/mol. The lowest BCUT2D eigenvalue weighted by Crippen LogP contribution is -2.52. The van der Waals surface area contributed by atoms with Crippen molar-refractivity contribution in [3.63, 3.8) is 0 Å². The van der Waals surface area contributed by atoms with Crippen molar-refractivity contribution in [2.24, 2.45) is 11.3 Å². The number of ether oxygens (including phenoxy) is 1. The van der Waals surface area contributed by atoms with E-state index < -0.39 is 43.4 Å². The number of imide groups is 1. The Labute approximate surface area is 532 Å². The highest BCUT2D eigenvalue weighted by Gasteiger charge is 2.40. The van der Waals surface area contributed by atoms with E-state index in [0.29, 0.717) is 74.3 Å². The number of allylic oxidation sites excluding steroid dienone is 1. The van der Waals surface area contributed by atoms with Crippen LogP contribution < -0.4 is 25.0 Å². The van der Waals surface area contributed by atoms with Gasteiger partial charge in [-0.15, -0.1) is 11.8 Å². The van der Waals surface area contributed by atoms with E-state index in [9.17, 15) is 42.5 Å². The van der Waals surface area contributed by atoms with E-state index in [-0.39, 0.29) is 59.0 Å². The average Bonchev–Trinajstić information content (AvgIpc) is 1.80. The summed E-state index contributed by atoms with van der Waals surface area (Å²) in [4.78, 5) is 95.7. The van der Waals surface area contributed by atoms with Gasteiger partial charge in [0.25, 0.3) is 27.5 Å². The first kappa shape index (κ1) is 62.4. The molecule has 4 aliphatic heterocycles. The van der Waals surface area contributed by atoms with Gasteiger partial charge in [0.05, 0.1) is 21.6 Å². The van der Waals surface area contributed by atoms with Crippen molar-refractivity contribution in [2.45, 2.75) is 106 Å². The van der Waals surface area contributed by atoms with Gasteiger partial charge in [0.2, 0.25) is 17.7 Å². The van der Waals surface area contributed by atoms with Crippen LogP contribution in [0.1, 0.15) is 110 Å². The Morgan fingerprint density at radius 1 is 0.889 bits per heavy atom. The molecule has 2 aromatic heterocycles. The van der Waals surface area contributed by atoms with Crippen LogP contribution in [0.25, 0.3) is 16.6 Å². The molecule has 1 unspecified atom stereocenters. The highest BCUT2D eigenvalue weighted by molar-refractivity contribution is 7.99. The second-order valence-corrected chi connectivity index (χ2v) is 28.4. The largest absolute Gasteiger partial charge is 0.455 e. The summed E-state index contributed by atoms with van der Waals surface area (Å²) in [6, 6.07) is 25.6. The van der Waals surface area contributed by atoms with Gasteiger partial charge < -0.3 is 29.7 Å². The van der Waals surface area contributed by atoms with Crippen molar-refractivity contribution in [3.05, 3.63) is 146 Å². The first-order valence-electron chi connectivity index (χ1n) is 31.0. The van der Waals surface area contributed by atoms with E-state index in [2.05, 4.69) is 66.0 Å². The number of sulfonamides is 1. The van der Waals surface area contributed by atoms with Gasteiger partial charge in [0.15, 0.2) is 0 Å². The summed E-state index contributed by atoms with van der Waals surface area (Å²) >= 11 is 7.81. The van der Waals surface area contributed by atoms with Crippen molar-refractivity contribution in [1.29, 1.82) is 0 Å². The molecule has 0 radical (unpaired) electrons. The summed E-state index contributed by atoms with van der Waals surface area (Å²) in [6.45, 7) is 12.0. The van der Waals surface area contributed by atoms with Gasteiger partial charge in [-0.25, -0.2) is 18.1 Å². The van der Waals surface area contributed by atoms with Crippen LogP contribution in [0.15, 0.2) is 119 Å². The smallest absolute Gasteiger partial charge is 0.293 e. The van der Waals surface area contributed by atoms with E-state index in [1.54, 1.807) is 36.5 Å². The number of nitro benzene ring substituents is 1. The van der Waals surface area contributed by atoms with Crippen LogP contribution in [0.5, 0.6) is 11.5 Å². The summed E-state index contributed by atoms with van der Waals surface area (Å²) in [7, 11) is -4.64. The van der Waals surface area contributed by atoms with E-state index in [1.807, 2.05) is 35.2 Å². The van der Waals surface area contributed by atoms with Gasteiger partial charge in [-0.2, -0.15) is 0 Å². The fourth-order valence-corrected chi connectivity index (χ4v) is 15.7. The number of anilines is 2. The number of hydrogen-bond donors (Lipinski definition) is 4. The molecule has 6 aliphatic rings. The van der Waals surface area contributed by atoms with Crippen LogP contribution in [0.4, 0.5) is 17.1 Å². The molecular formula is C66H74ClN11O10S2. The molecule has 12 rings (SSSR count). The second-order valence-electron chi connectivity index (χ2n) is 25.2. The third kappa shape index (κ3) is 14.0. The monoisotopic (exact) mass is 1280 g/mol. The zero-order valence-corrected chi connectivity index (χ0v) is 52.9. The number of nitrogens with zero attached hydrogens (tertiary/aromatic N) is 7. The number of carbonyl (C=O) groups is 5. The number of aromatic nitrogens is 2. The number of rotatable bonds is 19. The Kier molecular flexibility index (Phi) is 18.4. The number of aromatic amines is 1. The molecule has 0 spiro atoms. The minimum absolute atomic E-state index is 0.0589. The molecule has 4 N–H and O–H groups in total. The Morgan fingerprint density at radius 2 is 1.67 bits per heavy atom. The molecule has 472 valence electrons. The molecule has 3 saturated heterocycles. The lowest BCUT2D eigenvalue weighted by atomic mass is 9.72. The molecule has 4 aromatic carbocycles. The topological polar surface area (TPSA) is 253 Å². The number of piperidine rings is 1. The summed E-state index contributed by atoms with van der Waals surface area (Å²) < 4.78 is 36.6. The predicted octanol–water partition coefficient (Wildman–Crippen LogP) is 9.88. The molecule has 21 nitrogen and oxygen atoms in total. The maximum Gasteiger partial charge on any atom is 0.293 e. The van der Waals surface area contributed by atoms with Crippen molar-refractivity contribution in [1.82, 2.24) is 39.6 Å². The molecule has 0 bridgehead atoms. The zero-order valence-electron chi connectivity index (χ0n) is 50.5. The lowest BCUT2D eigenvalue weighted by molar-refractivity contribution is -0.384. The van der Waals surface area contributed by atoms with Gasteiger partial charge in [-0.3, -0.25) is 49.2 Å². The number of H-pyrrole nitrogens is 1. The van der Waals surface area contributed by atoms with Gasteiger partial charge in [-0.1, -0.05) is 49.2 Å². The van der Waals surface area contributed by atoms with Gasteiger partial charge in [0.1, 0.15) is 28.9 Å². The molecule has 6 heterocycles. The number of carbonyl (C=O) groups excluding carboxylic acids is 5. The molecule has 24 heteroatoms. The van der Waals surface area contributed by atoms with Gasteiger partial charge in [-0.05, 0) is 140 Å². The first-order valence-corrected chi connectivity index (χ1v) is 33.9. The minimum Gasteiger partial charge on any atom is -0.455 e. The summed E-state index contributed by atoms with van der Waals surface area (Å²) in [5, 5.41) is 19.6. The van der Waals surface area contributed by atoms with Crippen LogP contribution in [0, 0.1) is 21.4 Å². The summed E-state index contributed by atoms with van der Waals surface area (Å²) in [5.74, 6) is -0.708.